The van der Waals surface area contributed by atoms with Crippen LogP contribution >= 0.6 is 0 Å². The van der Waals surface area contributed by atoms with E-state index >= 15 is 0 Å². The summed E-state index contributed by atoms with van der Waals surface area (Å²) in [6.45, 7) is 8.39. The Hall–Kier alpha value is -1.93. The zero-order valence-corrected chi connectivity index (χ0v) is 18.2. The summed E-state index contributed by atoms with van der Waals surface area (Å²) < 4.78 is 23.4. The number of likely N-dealkylation sites (N-methyl/N-ethyl adjacent to an activating group) is 2. The van der Waals surface area contributed by atoms with Gasteiger partial charge < -0.3 is 10.2 Å². The second kappa shape index (κ2) is 9.05. The standard InChI is InChI=1S/C20H31N3O4S/c1-6-23(17-7-8-28(26,27)13-17)19(25)12-22(5)11-18(24)21-20-15(3)9-14(2)10-16(20)4/h9-10,17H,6-8,11-13H2,1-5H3,(H,21,24)/t17-/m1/s1. The zero-order valence-electron chi connectivity index (χ0n) is 17.4. The monoisotopic (exact) mass is 409 g/mol. The molecule has 2 rings (SSSR count). The maximum absolute atomic E-state index is 12.6. The molecule has 1 aromatic carbocycles. The van der Waals surface area contributed by atoms with Gasteiger partial charge in [-0.15, -0.1) is 0 Å². The molecule has 0 aliphatic carbocycles. The fourth-order valence-corrected chi connectivity index (χ4v) is 5.57. The fourth-order valence-electron chi connectivity index (χ4n) is 3.84. The van der Waals surface area contributed by atoms with E-state index in [0.717, 1.165) is 22.4 Å². The summed E-state index contributed by atoms with van der Waals surface area (Å²) in [4.78, 5) is 28.3. The lowest BCUT2D eigenvalue weighted by Crippen LogP contribution is -2.46. The van der Waals surface area contributed by atoms with E-state index in [1.807, 2.05) is 39.8 Å². The number of rotatable bonds is 7. The number of anilines is 1. The Labute approximate surface area is 168 Å². The average Bonchev–Trinajstić information content (AvgIpc) is 2.91. The van der Waals surface area contributed by atoms with Crippen LogP contribution in [0.25, 0.3) is 0 Å². The van der Waals surface area contributed by atoms with E-state index < -0.39 is 9.84 Å². The van der Waals surface area contributed by atoms with E-state index in [1.165, 1.54) is 0 Å². The van der Waals surface area contributed by atoms with Gasteiger partial charge in [0.2, 0.25) is 11.8 Å². The number of aryl methyl sites for hydroxylation is 3. The van der Waals surface area contributed by atoms with Gasteiger partial charge in [0.25, 0.3) is 0 Å². The van der Waals surface area contributed by atoms with Gasteiger partial charge in [-0.3, -0.25) is 14.5 Å². The van der Waals surface area contributed by atoms with Crippen molar-refractivity contribution in [3.05, 3.63) is 28.8 Å². The third-order valence-electron chi connectivity index (χ3n) is 5.07. The minimum atomic E-state index is -3.05. The number of nitrogens with zero attached hydrogens (tertiary/aromatic N) is 2. The molecule has 1 aliphatic rings. The second-order valence-corrected chi connectivity index (χ2v) is 9.96. The quantitative estimate of drug-likeness (QED) is 0.738. The van der Waals surface area contributed by atoms with Crippen molar-refractivity contribution < 1.29 is 18.0 Å². The average molecular weight is 410 g/mol. The molecule has 0 spiro atoms. The molecule has 0 unspecified atom stereocenters. The molecule has 7 nitrogen and oxygen atoms in total. The first-order valence-electron chi connectivity index (χ1n) is 9.58. The van der Waals surface area contributed by atoms with Gasteiger partial charge in [0.15, 0.2) is 9.84 Å². The number of hydrogen-bond acceptors (Lipinski definition) is 5. The lowest BCUT2D eigenvalue weighted by molar-refractivity contribution is -0.134. The number of nitrogens with one attached hydrogen (secondary N) is 1. The smallest absolute Gasteiger partial charge is 0.238 e. The zero-order chi connectivity index (χ0) is 21.1. The van der Waals surface area contributed by atoms with Crippen LogP contribution in [0.4, 0.5) is 5.69 Å². The van der Waals surface area contributed by atoms with Gasteiger partial charge >= 0.3 is 0 Å². The van der Waals surface area contributed by atoms with Crippen molar-refractivity contribution in [3.63, 3.8) is 0 Å². The minimum Gasteiger partial charge on any atom is -0.338 e. The number of sulfone groups is 1. The lowest BCUT2D eigenvalue weighted by Gasteiger charge is -2.29. The molecular weight excluding hydrogens is 378 g/mol. The number of carbonyl (C=O) groups excluding carboxylic acids is 2. The number of amides is 2. The van der Waals surface area contributed by atoms with Gasteiger partial charge in [-0.25, -0.2) is 8.42 Å². The largest absolute Gasteiger partial charge is 0.338 e. The Morgan fingerprint density at radius 2 is 1.75 bits per heavy atom. The first-order valence-corrected chi connectivity index (χ1v) is 11.4. The molecule has 1 fully saturated rings. The first kappa shape index (κ1) is 22.4. The molecule has 1 heterocycles. The van der Waals surface area contributed by atoms with E-state index in [-0.39, 0.29) is 42.5 Å². The van der Waals surface area contributed by atoms with Crippen molar-refractivity contribution in [2.24, 2.45) is 0 Å². The molecule has 0 radical (unpaired) electrons. The van der Waals surface area contributed by atoms with E-state index in [4.69, 9.17) is 0 Å². The normalized spacial score (nSPS) is 18.3. The van der Waals surface area contributed by atoms with Gasteiger partial charge in [-0.2, -0.15) is 0 Å². The van der Waals surface area contributed by atoms with Gasteiger partial charge in [-0.05, 0) is 52.3 Å². The Balaban J connectivity index is 1.93. The van der Waals surface area contributed by atoms with E-state index in [2.05, 4.69) is 5.32 Å². The maximum atomic E-state index is 12.6. The van der Waals surface area contributed by atoms with E-state index in [9.17, 15) is 18.0 Å². The third-order valence-corrected chi connectivity index (χ3v) is 6.82. The summed E-state index contributed by atoms with van der Waals surface area (Å²) in [6, 6.07) is 3.78. The summed E-state index contributed by atoms with van der Waals surface area (Å²) in [6.07, 6.45) is 0.484. The lowest BCUT2D eigenvalue weighted by atomic mass is 10.1. The molecular formula is C20H31N3O4S. The summed E-state index contributed by atoms with van der Waals surface area (Å²) in [5.41, 5.74) is 3.96. The van der Waals surface area contributed by atoms with E-state index in [0.29, 0.717) is 13.0 Å². The Morgan fingerprint density at radius 3 is 2.25 bits per heavy atom. The Morgan fingerprint density at radius 1 is 1.14 bits per heavy atom. The Bertz CT molecular complexity index is 828. The van der Waals surface area contributed by atoms with Crippen LogP contribution in [0.15, 0.2) is 12.1 Å². The summed E-state index contributed by atoms with van der Waals surface area (Å²) in [5.74, 6) is -0.169. The molecule has 1 atom stereocenters. The van der Waals surface area contributed by atoms with Crippen molar-refractivity contribution >= 4 is 27.3 Å². The van der Waals surface area contributed by atoms with Crippen molar-refractivity contribution in [3.8, 4) is 0 Å². The van der Waals surface area contributed by atoms with Gasteiger partial charge in [0.05, 0.1) is 24.6 Å². The number of carbonyl (C=O) groups is 2. The van der Waals surface area contributed by atoms with Crippen molar-refractivity contribution in [2.75, 3.05) is 43.5 Å². The highest BCUT2D eigenvalue weighted by atomic mass is 32.2. The topological polar surface area (TPSA) is 86.8 Å². The Kier molecular flexibility index (Phi) is 7.22. The molecule has 1 N–H and O–H groups in total. The van der Waals surface area contributed by atoms with Crippen LogP contribution in [0.2, 0.25) is 0 Å². The molecule has 156 valence electrons. The van der Waals surface area contributed by atoms with Crippen LogP contribution < -0.4 is 5.32 Å². The van der Waals surface area contributed by atoms with Crippen LogP contribution in [0.3, 0.4) is 0 Å². The second-order valence-electron chi connectivity index (χ2n) is 7.73. The van der Waals surface area contributed by atoms with Gasteiger partial charge in [0, 0.05) is 18.3 Å². The molecule has 0 saturated carbocycles. The highest BCUT2D eigenvalue weighted by Gasteiger charge is 2.34. The molecule has 28 heavy (non-hydrogen) atoms. The summed E-state index contributed by atoms with van der Waals surface area (Å²) in [7, 11) is -1.34. The predicted octanol–water partition coefficient (Wildman–Crippen LogP) is 1.52. The maximum Gasteiger partial charge on any atom is 0.238 e. The van der Waals surface area contributed by atoms with E-state index in [1.54, 1.807) is 16.8 Å². The summed E-state index contributed by atoms with van der Waals surface area (Å²) in [5, 5.41) is 2.93. The predicted molar refractivity (Wildman–Crippen MR) is 111 cm³/mol. The molecule has 8 heteroatoms. The van der Waals surface area contributed by atoms with Crippen molar-refractivity contribution in [2.45, 2.75) is 40.2 Å². The van der Waals surface area contributed by atoms with Crippen molar-refractivity contribution in [1.29, 1.82) is 0 Å². The molecule has 1 aromatic rings. The minimum absolute atomic E-state index is 0.0305. The summed E-state index contributed by atoms with van der Waals surface area (Å²) >= 11 is 0. The van der Waals surface area contributed by atoms with Crippen LogP contribution in [-0.4, -0.2) is 74.3 Å². The molecule has 1 saturated heterocycles. The van der Waals surface area contributed by atoms with Crippen molar-refractivity contribution in [1.82, 2.24) is 9.80 Å². The highest BCUT2D eigenvalue weighted by Crippen LogP contribution is 2.22. The SMILES string of the molecule is CCN(C(=O)CN(C)CC(=O)Nc1c(C)cc(C)cc1C)[C@@H]1CCS(=O)(=O)C1. The van der Waals surface area contributed by atoms with Crippen LogP contribution in [0.1, 0.15) is 30.0 Å². The molecule has 2 amide bonds. The molecule has 0 bridgehead atoms. The molecule has 1 aliphatic heterocycles. The van der Waals surface area contributed by atoms with Gasteiger partial charge in [-0.1, -0.05) is 17.7 Å². The van der Waals surface area contributed by atoms with Crippen LogP contribution in [0, 0.1) is 20.8 Å². The number of hydrogen-bond donors (Lipinski definition) is 1. The number of benzene rings is 1. The van der Waals surface area contributed by atoms with Crippen LogP contribution in [-0.2, 0) is 19.4 Å². The first-order chi connectivity index (χ1) is 13.0. The molecule has 0 aromatic heterocycles. The highest BCUT2D eigenvalue weighted by molar-refractivity contribution is 7.91. The van der Waals surface area contributed by atoms with Gasteiger partial charge in [0.1, 0.15) is 0 Å². The fraction of sp³-hybridized carbons (Fsp3) is 0.600. The third kappa shape index (κ3) is 5.78. The van der Waals surface area contributed by atoms with Crippen LogP contribution in [0.5, 0.6) is 0 Å².